The summed E-state index contributed by atoms with van der Waals surface area (Å²) >= 11 is 0. The first kappa shape index (κ1) is 20.3. The van der Waals surface area contributed by atoms with Crippen molar-refractivity contribution in [2.24, 2.45) is 0 Å². The van der Waals surface area contributed by atoms with Crippen LogP contribution in [0.4, 0.5) is 13.2 Å². The average Bonchev–Trinajstić information content (AvgIpc) is 2.61. The van der Waals surface area contributed by atoms with Crippen LogP contribution in [-0.4, -0.2) is 21.8 Å². The maximum absolute atomic E-state index is 12.5. The van der Waals surface area contributed by atoms with Crippen molar-refractivity contribution in [2.75, 3.05) is 0 Å². The summed E-state index contributed by atoms with van der Waals surface area (Å²) in [6.45, 7) is 5.11. The van der Waals surface area contributed by atoms with Crippen molar-refractivity contribution in [3.05, 3.63) is 59.2 Å². The highest BCUT2D eigenvalue weighted by Gasteiger charge is 2.32. The molecule has 0 aliphatic rings. The fourth-order valence-electron chi connectivity index (χ4n) is 2.25. The van der Waals surface area contributed by atoms with Gasteiger partial charge in [0.1, 0.15) is 5.69 Å². The number of rotatable bonds is 4. The summed E-state index contributed by atoms with van der Waals surface area (Å²) < 4.78 is 37.6. The maximum atomic E-state index is 12.5. The van der Waals surface area contributed by atoms with Gasteiger partial charge in [-0.05, 0) is 44.0 Å². The largest absolute Gasteiger partial charge is 0.433 e. The van der Waals surface area contributed by atoms with E-state index in [1.54, 1.807) is 26.1 Å². The van der Waals surface area contributed by atoms with Crippen molar-refractivity contribution in [1.29, 1.82) is 0 Å². The number of aromatic nitrogens is 2. The lowest BCUT2D eigenvalue weighted by atomic mass is 10.1. The van der Waals surface area contributed by atoms with E-state index in [2.05, 4.69) is 20.6 Å². The second kappa shape index (κ2) is 8.15. The summed E-state index contributed by atoms with van der Waals surface area (Å²) in [5.41, 5.74) is 0.884. The molecule has 0 saturated heterocycles. The highest BCUT2D eigenvalue weighted by atomic mass is 19.4. The van der Waals surface area contributed by atoms with Gasteiger partial charge < -0.3 is 10.6 Å². The molecule has 0 spiro atoms. The lowest BCUT2D eigenvalue weighted by molar-refractivity contribution is -0.141. The molecule has 9 heteroatoms. The second-order valence-corrected chi connectivity index (χ2v) is 6.13. The first-order valence-electron chi connectivity index (χ1n) is 8.15. The zero-order valence-corrected chi connectivity index (χ0v) is 15.0. The van der Waals surface area contributed by atoms with Gasteiger partial charge in [0, 0.05) is 12.4 Å². The monoisotopic (exact) mass is 380 g/mol. The Bertz CT molecular complexity index is 805. The molecule has 0 radical (unpaired) electrons. The van der Waals surface area contributed by atoms with E-state index in [4.69, 9.17) is 0 Å². The van der Waals surface area contributed by atoms with Gasteiger partial charge in [-0.1, -0.05) is 12.1 Å². The van der Waals surface area contributed by atoms with Crippen LogP contribution in [0.3, 0.4) is 0 Å². The molecule has 27 heavy (non-hydrogen) atoms. The Morgan fingerprint density at radius 3 is 2.04 bits per heavy atom. The second-order valence-electron chi connectivity index (χ2n) is 6.13. The molecule has 2 aromatic heterocycles. The zero-order chi connectivity index (χ0) is 20.2. The summed E-state index contributed by atoms with van der Waals surface area (Å²) in [6.07, 6.45) is -1.87. The lowest BCUT2D eigenvalue weighted by Gasteiger charge is -2.17. The van der Waals surface area contributed by atoms with Crippen LogP contribution in [0, 0.1) is 6.92 Å². The third-order valence-electron chi connectivity index (χ3n) is 3.86. The molecule has 2 aromatic rings. The van der Waals surface area contributed by atoms with E-state index < -0.39 is 35.8 Å². The summed E-state index contributed by atoms with van der Waals surface area (Å²) in [7, 11) is 0. The number of amides is 2. The fraction of sp³-hybridized carbons (Fsp3) is 0.333. The molecule has 2 atom stereocenters. The van der Waals surface area contributed by atoms with Gasteiger partial charge in [0.05, 0.1) is 17.8 Å². The van der Waals surface area contributed by atoms with Crippen LogP contribution in [-0.2, 0) is 15.8 Å². The summed E-state index contributed by atoms with van der Waals surface area (Å²) in [4.78, 5) is 31.6. The van der Waals surface area contributed by atoms with E-state index in [-0.39, 0.29) is 0 Å². The molecule has 0 aliphatic carbocycles. The van der Waals surface area contributed by atoms with E-state index in [1.165, 1.54) is 6.07 Å². The van der Waals surface area contributed by atoms with Crippen LogP contribution in [0.2, 0.25) is 0 Å². The predicted octanol–water partition coefficient (Wildman–Crippen LogP) is 2.86. The Morgan fingerprint density at radius 2 is 1.56 bits per heavy atom. The molecule has 0 fully saturated rings. The maximum Gasteiger partial charge on any atom is 0.433 e. The van der Waals surface area contributed by atoms with E-state index in [9.17, 15) is 22.8 Å². The van der Waals surface area contributed by atoms with Crippen molar-refractivity contribution in [2.45, 2.75) is 39.0 Å². The van der Waals surface area contributed by atoms with Gasteiger partial charge in [0.2, 0.25) is 0 Å². The van der Waals surface area contributed by atoms with Gasteiger partial charge in [-0.3, -0.25) is 19.6 Å². The minimum absolute atomic E-state index is 0.345. The average molecular weight is 380 g/mol. The Morgan fingerprint density at radius 1 is 0.926 bits per heavy atom. The highest BCUT2D eigenvalue weighted by Crippen LogP contribution is 2.27. The summed E-state index contributed by atoms with van der Waals surface area (Å²) in [6, 6.07) is 4.44. The van der Waals surface area contributed by atoms with Crippen molar-refractivity contribution >= 4 is 11.8 Å². The number of carbonyl (C=O) groups excluding carboxylic acids is 2. The van der Waals surface area contributed by atoms with E-state index in [0.717, 1.165) is 17.8 Å². The summed E-state index contributed by atoms with van der Waals surface area (Å²) in [5, 5.41) is 4.95. The molecular weight excluding hydrogens is 361 g/mol. The lowest BCUT2D eigenvalue weighted by Crippen LogP contribution is -2.42. The normalized spacial score (nSPS) is 13.6. The molecule has 0 saturated carbocycles. The Labute approximate surface area is 154 Å². The van der Waals surface area contributed by atoms with Gasteiger partial charge in [0.15, 0.2) is 0 Å². The summed E-state index contributed by atoms with van der Waals surface area (Å²) in [5.74, 6) is -1.77. The van der Waals surface area contributed by atoms with E-state index >= 15 is 0 Å². The molecule has 6 nitrogen and oxygen atoms in total. The number of alkyl halides is 3. The van der Waals surface area contributed by atoms with Crippen LogP contribution in [0.5, 0.6) is 0 Å². The number of nitrogens with one attached hydrogen (secondary N) is 2. The highest BCUT2D eigenvalue weighted by molar-refractivity contribution is 6.35. The molecule has 0 aliphatic heterocycles. The number of nitrogens with zero attached hydrogens (tertiary/aromatic N) is 2. The molecular formula is C18H19F3N4O2. The SMILES string of the molecule is Cc1ccc(C(C)NC(=O)C(=O)N[C@@H](C)c2ccc(C(F)(F)F)nc2)nc1. The number of halogens is 3. The van der Waals surface area contributed by atoms with Crippen molar-refractivity contribution in [1.82, 2.24) is 20.6 Å². The quantitative estimate of drug-likeness (QED) is 0.799. The third-order valence-corrected chi connectivity index (χ3v) is 3.86. The van der Waals surface area contributed by atoms with Gasteiger partial charge in [0.25, 0.3) is 0 Å². The number of hydrogen-bond donors (Lipinski definition) is 2. The standard InChI is InChI=1S/C18H19F3N4O2/c1-10-4-6-14(22-8-10)12(3)25-17(27)16(26)24-11(2)13-5-7-15(23-9-13)18(19,20)21/h4-9,11-12H,1-3H3,(H,24,26)(H,25,27)/t11-,12?/m0/s1. The van der Waals surface area contributed by atoms with Crippen LogP contribution >= 0.6 is 0 Å². The number of pyridine rings is 2. The van der Waals surface area contributed by atoms with Crippen molar-refractivity contribution in [3.8, 4) is 0 Å². The van der Waals surface area contributed by atoms with Crippen LogP contribution in [0.25, 0.3) is 0 Å². The van der Waals surface area contributed by atoms with Crippen LogP contribution < -0.4 is 10.6 Å². The first-order valence-corrected chi connectivity index (χ1v) is 8.15. The first-order chi connectivity index (χ1) is 12.6. The van der Waals surface area contributed by atoms with Gasteiger partial charge in [-0.2, -0.15) is 13.2 Å². The van der Waals surface area contributed by atoms with Crippen LogP contribution in [0.1, 0.15) is 48.4 Å². The topological polar surface area (TPSA) is 84.0 Å². The smallest absolute Gasteiger partial charge is 0.341 e. The predicted molar refractivity (Wildman–Crippen MR) is 91.3 cm³/mol. The fourth-order valence-corrected chi connectivity index (χ4v) is 2.25. The van der Waals surface area contributed by atoms with Gasteiger partial charge in [-0.15, -0.1) is 0 Å². The van der Waals surface area contributed by atoms with E-state index in [1.807, 2.05) is 13.0 Å². The Hall–Kier alpha value is -2.97. The number of hydrogen-bond acceptors (Lipinski definition) is 4. The van der Waals surface area contributed by atoms with Gasteiger partial charge >= 0.3 is 18.0 Å². The number of aryl methyl sites for hydroxylation is 1. The number of carbonyl (C=O) groups is 2. The molecule has 2 rings (SSSR count). The minimum Gasteiger partial charge on any atom is -0.341 e. The molecule has 1 unspecified atom stereocenters. The molecule has 144 valence electrons. The third kappa shape index (κ3) is 5.50. The van der Waals surface area contributed by atoms with Crippen LogP contribution in [0.15, 0.2) is 36.7 Å². The molecule has 2 heterocycles. The van der Waals surface area contributed by atoms with E-state index in [0.29, 0.717) is 11.3 Å². The molecule has 0 bridgehead atoms. The molecule has 2 N–H and O–H groups in total. The van der Waals surface area contributed by atoms with Gasteiger partial charge in [-0.25, -0.2) is 0 Å². The minimum atomic E-state index is -4.54. The Balaban J connectivity index is 1.95. The van der Waals surface area contributed by atoms with Crippen molar-refractivity contribution < 1.29 is 22.8 Å². The molecule has 0 aromatic carbocycles. The van der Waals surface area contributed by atoms with Crippen molar-refractivity contribution in [3.63, 3.8) is 0 Å². The molecule has 2 amide bonds. The zero-order valence-electron chi connectivity index (χ0n) is 15.0. The Kier molecular flexibility index (Phi) is 6.14.